The summed E-state index contributed by atoms with van der Waals surface area (Å²) in [4.78, 5) is 0. The molecule has 1 unspecified atom stereocenters. The van der Waals surface area contributed by atoms with Crippen molar-refractivity contribution in [3.05, 3.63) is 28.2 Å². The van der Waals surface area contributed by atoms with Crippen LogP contribution in [-0.2, 0) is 0 Å². The summed E-state index contributed by atoms with van der Waals surface area (Å²) in [5.74, 6) is 1.95. The zero-order chi connectivity index (χ0) is 15.3. The maximum absolute atomic E-state index is 6.02. The van der Waals surface area contributed by atoms with Gasteiger partial charge in [-0.15, -0.1) is 0 Å². The first-order valence-electron chi connectivity index (χ1n) is 7.36. The van der Waals surface area contributed by atoms with E-state index < -0.39 is 0 Å². The lowest BCUT2D eigenvalue weighted by atomic mass is 10.0. The number of hydrogen-bond donors (Lipinski definition) is 1. The predicted octanol–water partition coefficient (Wildman–Crippen LogP) is 4.98. The third kappa shape index (κ3) is 6.27. The van der Waals surface area contributed by atoms with Crippen molar-refractivity contribution in [2.75, 3.05) is 13.2 Å². The molecule has 0 spiro atoms. The SMILES string of the molecule is CC(CNC(C)(C)C)COc1ccc(Br)cc1C(C)C. The van der Waals surface area contributed by atoms with Crippen LogP contribution in [0.5, 0.6) is 5.75 Å². The molecule has 0 radical (unpaired) electrons. The van der Waals surface area contributed by atoms with E-state index in [-0.39, 0.29) is 5.54 Å². The van der Waals surface area contributed by atoms with Gasteiger partial charge in [0.2, 0.25) is 0 Å². The number of nitrogens with one attached hydrogen (secondary N) is 1. The molecule has 1 N–H and O–H groups in total. The fourth-order valence-corrected chi connectivity index (χ4v) is 2.25. The van der Waals surface area contributed by atoms with Crippen LogP contribution in [0, 0.1) is 5.92 Å². The highest BCUT2D eigenvalue weighted by molar-refractivity contribution is 9.10. The lowest BCUT2D eigenvalue weighted by Gasteiger charge is -2.24. The molecule has 1 rings (SSSR count). The van der Waals surface area contributed by atoms with E-state index in [0.29, 0.717) is 11.8 Å². The van der Waals surface area contributed by atoms with Gasteiger partial charge in [0.15, 0.2) is 0 Å². The Morgan fingerprint density at radius 3 is 2.40 bits per heavy atom. The Kier molecular flexibility index (Phi) is 6.53. The molecule has 0 aliphatic carbocycles. The highest BCUT2D eigenvalue weighted by Crippen LogP contribution is 2.29. The maximum Gasteiger partial charge on any atom is 0.122 e. The van der Waals surface area contributed by atoms with Crippen molar-refractivity contribution in [2.24, 2.45) is 5.92 Å². The molecule has 0 aliphatic rings. The monoisotopic (exact) mass is 341 g/mol. The van der Waals surface area contributed by atoms with E-state index in [2.05, 4.69) is 74.9 Å². The number of ether oxygens (including phenoxy) is 1. The van der Waals surface area contributed by atoms with Gasteiger partial charge in [0, 0.05) is 22.5 Å². The zero-order valence-electron chi connectivity index (χ0n) is 13.6. The van der Waals surface area contributed by atoms with E-state index in [1.807, 2.05) is 6.07 Å². The van der Waals surface area contributed by atoms with E-state index in [0.717, 1.165) is 23.4 Å². The Morgan fingerprint density at radius 1 is 1.20 bits per heavy atom. The van der Waals surface area contributed by atoms with Gasteiger partial charge in [0.05, 0.1) is 6.61 Å². The van der Waals surface area contributed by atoms with Crippen LogP contribution in [0.1, 0.15) is 53.0 Å². The van der Waals surface area contributed by atoms with Crippen molar-refractivity contribution >= 4 is 15.9 Å². The Balaban J connectivity index is 2.57. The third-order valence-electron chi connectivity index (χ3n) is 3.10. The first-order chi connectivity index (χ1) is 9.19. The normalized spacial score (nSPS) is 13.6. The number of rotatable bonds is 6. The quantitative estimate of drug-likeness (QED) is 0.788. The fraction of sp³-hybridized carbons (Fsp3) is 0.647. The van der Waals surface area contributed by atoms with Crippen molar-refractivity contribution < 1.29 is 4.74 Å². The molecule has 0 aliphatic heterocycles. The van der Waals surface area contributed by atoms with E-state index in [9.17, 15) is 0 Å². The van der Waals surface area contributed by atoms with E-state index >= 15 is 0 Å². The van der Waals surface area contributed by atoms with Gasteiger partial charge in [-0.3, -0.25) is 0 Å². The van der Waals surface area contributed by atoms with Crippen molar-refractivity contribution in [1.82, 2.24) is 5.32 Å². The van der Waals surface area contributed by atoms with Crippen LogP contribution < -0.4 is 10.1 Å². The summed E-state index contributed by atoms with van der Waals surface area (Å²) in [6, 6.07) is 6.25. The van der Waals surface area contributed by atoms with Crippen LogP contribution in [0.25, 0.3) is 0 Å². The molecule has 1 aromatic carbocycles. The molecular formula is C17H28BrNO. The summed E-state index contributed by atoms with van der Waals surface area (Å²) in [5.41, 5.74) is 1.42. The van der Waals surface area contributed by atoms with Crippen molar-refractivity contribution in [2.45, 2.75) is 53.0 Å². The van der Waals surface area contributed by atoms with Crippen LogP contribution in [0.3, 0.4) is 0 Å². The van der Waals surface area contributed by atoms with Crippen molar-refractivity contribution in [3.63, 3.8) is 0 Å². The zero-order valence-corrected chi connectivity index (χ0v) is 15.2. The molecule has 0 fully saturated rings. The molecule has 3 heteroatoms. The van der Waals surface area contributed by atoms with Crippen LogP contribution >= 0.6 is 15.9 Å². The smallest absolute Gasteiger partial charge is 0.122 e. The van der Waals surface area contributed by atoms with E-state index in [4.69, 9.17) is 4.74 Å². The molecular weight excluding hydrogens is 314 g/mol. The summed E-state index contributed by atoms with van der Waals surface area (Å²) in [7, 11) is 0. The molecule has 2 nitrogen and oxygen atoms in total. The summed E-state index contributed by atoms with van der Waals surface area (Å²) in [6.45, 7) is 14.9. The highest BCUT2D eigenvalue weighted by atomic mass is 79.9. The highest BCUT2D eigenvalue weighted by Gasteiger charge is 2.13. The van der Waals surface area contributed by atoms with Crippen molar-refractivity contribution in [3.8, 4) is 5.75 Å². The maximum atomic E-state index is 6.02. The topological polar surface area (TPSA) is 21.3 Å². The molecule has 0 heterocycles. The first kappa shape index (κ1) is 17.5. The Labute approximate surface area is 132 Å². The number of hydrogen-bond acceptors (Lipinski definition) is 2. The second-order valence-electron chi connectivity index (χ2n) is 6.88. The standard InChI is InChI=1S/C17H28BrNO/c1-12(2)15-9-14(18)7-8-16(15)20-11-13(3)10-19-17(4,5)6/h7-9,12-13,19H,10-11H2,1-6H3. The summed E-state index contributed by atoms with van der Waals surface area (Å²) >= 11 is 3.53. The largest absolute Gasteiger partial charge is 0.493 e. The van der Waals surface area contributed by atoms with Gasteiger partial charge < -0.3 is 10.1 Å². The lowest BCUT2D eigenvalue weighted by Crippen LogP contribution is -2.39. The van der Waals surface area contributed by atoms with Gasteiger partial charge in [0.25, 0.3) is 0 Å². The summed E-state index contributed by atoms with van der Waals surface area (Å²) in [6.07, 6.45) is 0. The van der Waals surface area contributed by atoms with Gasteiger partial charge >= 0.3 is 0 Å². The Hall–Kier alpha value is -0.540. The predicted molar refractivity (Wildman–Crippen MR) is 90.6 cm³/mol. The van der Waals surface area contributed by atoms with Gasteiger partial charge in [-0.1, -0.05) is 36.7 Å². The minimum absolute atomic E-state index is 0.162. The molecule has 1 aromatic rings. The molecule has 0 amide bonds. The van der Waals surface area contributed by atoms with E-state index in [1.54, 1.807) is 0 Å². The molecule has 114 valence electrons. The average molecular weight is 342 g/mol. The summed E-state index contributed by atoms with van der Waals surface area (Å²) < 4.78 is 7.13. The van der Waals surface area contributed by atoms with Crippen molar-refractivity contribution in [1.29, 1.82) is 0 Å². The fourth-order valence-electron chi connectivity index (χ4n) is 1.87. The molecule has 20 heavy (non-hydrogen) atoms. The van der Waals surface area contributed by atoms with Gasteiger partial charge in [-0.05, 0) is 50.5 Å². The minimum atomic E-state index is 0.162. The molecule has 0 saturated carbocycles. The number of benzene rings is 1. The Bertz CT molecular complexity index is 423. The molecule has 1 atom stereocenters. The third-order valence-corrected chi connectivity index (χ3v) is 3.59. The number of halogens is 1. The van der Waals surface area contributed by atoms with Gasteiger partial charge in [-0.2, -0.15) is 0 Å². The van der Waals surface area contributed by atoms with Gasteiger partial charge in [-0.25, -0.2) is 0 Å². The molecule has 0 saturated heterocycles. The van der Waals surface area contributed by atoms with Crippen LogP contribution in [0.4, 0.5) is 0 Å². The van der Waals surface area contributed by atoms with E-state index in [1.165, 1.54) is 5.56 Å². The molecule has 0 bridgehead atoms. The lowest BCUT2D eigenvalue weighted by molar-refractivity contribution is 0.242. The summed E-state index contributed by atoms with van der Waals surface area (Å²) in [5, 5.41) is 3.52. The van der Waals surface area contributed by atoms with Crippen LogP contribution in [0.15, 0.2) is 22.7 Å². The first-order valence-corrected chi connectivity index (χ1v) is 8.15. The second kappa shape index (κ2) is 7.46. The molecule has 0 aromatic heterocycles. The average Bonchev–Trinajstić information content (AvgIpc) is 2.33. The Morgan fingerprint density at radius 2 is 1.85 bits per heavy atom. The van der Waals surface area contributed by atoms with Crippen LogP contribution in [-0.4, -0.2) is 18.7 Å². The van der Waals surface area contributed by atoms with Crippen LogP contribution in [0.2, 0.25) is 0 Å². The minimum Gasteiger partial charge on any atom is -0.493 e. The second-order valence-corrected chi connectivity index (χ2v) is 7.80. The van der Waals surface area contributed by atoms with Gasteiger partial charge in [0.1, 0.15) is 5.75 Å².